The molecule has 0 unspecified atom stereocenters. The second-order valence-electron chi connectivity index (χ2n) is 11.5. The molecule has 0 aromatic heterocycles. The highest BCUT2D eigenvalue weighted by atomic mass is 19.4. The van der Waals surface area contributed by atoms with Crippen molar-refractivity contribution in [2.75, 3.05) is 13.2 Å². The van der Waals surface area contributed by atoms with Crippen molar-refractivity contribution in [1.82, 2.24) is 4.90 Å². The lowest BCUT2D eigenvalue weighted by Gasteiger charge is -2.61. The van der Waals surface area contributed by atoms with Crippen LogP contribution in [-0.4, -0.2) is 40.4 Å². The minimum Gasteiger partial charge on any atom is -0.444 e. The Labute approximate surface area is 195 Å². The predicted octanol–water partition coefficient (Wildman–Crippen LogP) is 6.77. The fourth-order valence-corrected chi connectivity index (χ4v) is 5.60. The molecule has 0 radical (unpaired) electrons. The number of ether oxygens (including phenoxy) is 1. The average Bonchev–Trinajstić information content (AvgIpc) is 2.72. The quantitative estimate of drug-likeness (QED) is 0.500. The molecule has 7 heteroatoms. The van der Waals surface area contributed by atoms with Gasteiger partial charge in [0.1, 0.15) is 5.60 Å². The van der Waals surface area contributed by atoms with Gasteiger partial charge in [-0.05, 0) is 88.3 Å². The Bertz CT molecular complexity index is 819. The van der Waals surface area contributed by atoms with Gasteiger partial charge in [-0.15, -0.1) is 0 Å². The van der Waals surface area contributed by atoms with Gasteiger partial charge in [-0.1, -0.05) is 26.0 Å². The van der Waals surface area contributed by atoms with Crippen LogP contribution in [0.2, 0.25) is 0 Å². The largest absolute Gasteiger partial charge is 0.444 e. The summed E-state index contributed by atoms with van der Waals surface area (Å²) < 4.78 is 45.3. The number of aliphatic hydroxyl groups is 1. The Morgan fingerprint density at radius 2 is 1.70 bits per heavy atom. The minimum atomic E-state index is -4.39. The molecular weight excluding hydrogens is 431 g/mol. The van der Waals surface area contributed by atoms with E-state index in [1.807, 2.05) is 25.7 Å². The van der Waals surface area contributed by atoms with Crippen LogP contribution in [-0.2, 0) is 10.9 Å². The lowest BCUT2D eigenvalue weighted by Crippen LogP contribution is -2.63. The number of aliphatic hydroxyl groups excluding tert-OH is 1. The SMILES string of the molecule is CC(C)CCN(C(=O)OC(C)(C)C)C12CCC(CO)(CC1)C[C@@H]2c1ccc(C(F)(F)F)cc1. The molecule has 3 aliphatic rings. The molecular formula is C26H38F3NO3. The highest BCUT2D eigenvalue weighted by Crippen LogP contribution is 2.61. The number of amides is 1. The van der Waals surface area contributed by atoms with E-state index in [4.69, 9.17) is 4.74 Å². The number of rotatable bonds is 6. The maximum atomic E-state index is 13.5. The lowest BCUT2D eigenvalue weighted by atomic mass is 9.51. The molecule has 1 aromatic carbocycles. The molecule has 33 heavy (non-hydrogen) atoms. The van der Waals surface area contributed by atoms with Gasteiger partial charge in [0.05, 0.1) is 11.1 Å². The third-order valence-corrected chi connectivity index (χ3v) is 7.52. The van der Waals surface area contributed by atoms with Crippen molar-refractivity contribution in [3.8, 4) is 0 Å². The van der Waals surface area contributed by atoms with Crippen molar-refractivity contribution in [1.29, 1.82) is 0 Å². The normalized spacial score (nSPS) is 27.6. The standard InChI is InChI=1S/C26H38F3NO3/c1-18(2)10-15-30(22(32)33-23(3,4)5)25-13-11-24(17-31,12-14-25)16-21(25)19-6-8-20(9-7-19)26(27,28)29/h6-9,18,21,31H,10-17H2,1-5H3/t21-,24?,25?/m1/s1. The summed E-state index contributed by atoms with van der Waals surface area (Å²) in [5, 5.41) is 10.2. The van der Waals surface area contributed by atoms with Crippen LogP contribution in [0.1, 0.15) is 90.2 Å². The van der Waals surface area contributed by atoms with Crippen molar-refractivity contribution in [2.24, 2.45) is 11.3 Å². The smallest absolute Gasteiger partial charge is 0.416 e. The Hall–Kier alpha value is -1.76. The van der Waals surface area contributed by atoms with Crippen molar-refractivity contribution in [3.63, 3.8) is 0 Å². The van der Waals surface area contributed by atoms with Crippen LogP contribution in [0.25, 0.3) is 0 Å². The van der Waals surface area contributed by atoms with Gasteiger partial charge >= 0.3 is 12.3 Å². The number of hydrogen-bond donors (Lipinski definition) is 1. The summed E-state index contributed by atoms with van der Waals surface area (Å²) in [6.45, 7) is 10.3. The van der Waals surface area contributed by atoms with Gasteiger partial charge in [0.25, 0.3) is 0 Å². The molecule has 3 aliphatic carbocycles. The molecule has 4 nitrogen and oxygen atoms in total. The number of halogens is 3. The molecule has 0 spiro atoms. The van der Waals surface area contributed by atoms with E-state index in [0.717, 1.165) is 37.0 Å². The van der Waals surface area contributed by atoms with Gasteiger partial charge in [0.15, 0.2) is 0 Å². The van der Waals surface area contributed by atoms with Gasteiger partial charge in [-0.25, -0.2) is 4.79 Å². The summed E-state index contributed by atoms with van der Waals surface area (Å²) >= 11 is 0. The van der Waals surface area contributed by atoms with Crippen molar-refractivity contribution in [3.05, 3.63) is 35.4 Å². The number of alkyl halides is 3. The zero-order valence-corrected chi connectivity index (χ0v) is 20.5. The van der Waals surface area contributed by atoms with Crippen molar-refractivity contribution in [2.45, 2.75) is 96.4 Å². The van der Waals surface area contributed by atoms with Crippen LogP contribution in [0.4, 0.5) is 18.0 Å². The number of carbonyl (C=O) groups excluding carboxylic acids is 1. The topological polar surface area (TPSA) is 49.8 Å². The van der Waals surface area contributed by atoms with E-state index >= 15 is 0 Å². The Kier molecular flexibility index (Phi) is 7.15. The molecule has 0 saturated heterocycles. The highest BCUT2D eigenvalue weighted by molar-refractivity contribution is 5.70. The number of carbonyl (C=O) groups is 1. The predicted molar refractivity (Wildman–Crippen MR) is 122 cm³/mol. The first-order valence-corrected chi connectivity index (χ1v) is 12.0. The number of benzene rings is 1. The highest BCUT2D eigenvalue weighted by Gasteiger charge is 2.58. The second kappa shape index (κ2) is 9.12. The van der Waals surface area contributed by atoms with Crippen LogP contribution in [0, 0.1) is 11.3 Å². The third kappa shape index (κ3) is 5.50. The van der Waals surface area contributed by atoms with E-state index in [1.54, 1.807) is 12.1 Å². The fourth-order valence-electron chi connectivity index (χ4n) is 5.60. The molecule has 1 N–H and O–H groups in total. The van der Waals surface area contributed by atoms with Crippen LogP contribution in [0.5, 0.6) is 0 Å². The first-order valence-electron chi connectivity index (χ1n) is 12.0. The minimum absolute atomic E-state index is 0.0542. The first-order chi connectivity index (χ1) is 15.2. The summed E-state index contributed by atoms with van der Waals surface area (Å²) in [6, 6.07) is 5.36. The zero-order valence-electron chi connectivity index (χ0n) is 20.5. The Morgan fingerprint density at radius 3 is 2.15 bits per heavy atom. The van der Waals surface area contributed by atoms with Crippen LogP contribution in [0.15, 0.2) is 24.3 Å². The van der Waals surface area contributed by atoms with Crippen molar-refractivity contribution >= 4 is 6.09 Å². The molecule has 1 atom stereocenters. The zero-order chi connectivity index (χ0) is 24.7. The summed E-state index contributed by atoms with van der Waals surface area (Å²) in [6.07, 6.45) is -0.301. The van der Waals surface area contributed by atoms with Gasteiger partial charge in [0, 0.05) is 19.1 Å². The lowest BCUT2D eigenvalue weighted by molar-refractivity contribution is -0.137. The summed E-state index contributed by atoms with van der Waals surface area (Å²) in [7, 11) is 0. The van der Waals surface area contributed by atoms with E-state index in [1.165, 1.54) is 0 Å². The molecule has 2 bridgehead atoms. The van der Waals surface area contributed by atoms with Gasteiger partial charge in [-0.2, -0.15) is 13.2 Å². The first kappa shape index (κ1) is 25.9. The van der Waals surface area contributed by atoms with E-state index in [-0.39, 0.29) is 24.0 Å². The van der Waals surface area contributed by atoms with E-state index in [9.17, 15) is 23.1 Å². The van der Waals surface area contributed by atoms with Crippen LogP contribution >= 0.6 is 0 Å². The molecule has 1 amide bonds. The third-order valence-electron chi connectivity index (χ3n) is 7.52. The summed E-state index contributed by atoms with van der Waals surface area (Å²) in [5.74, 6) is 0.230. The molecule has 0 aliphatic heterocycles. The Morgan fingerprint density at radius 1 is 1.12 bits per heavy atom. The maximum absolute atomic E-state index is 13.5. The van der Waals surface area contributed by atoms with E-state index in [2.05, 4.69) is 13.8 Å². The van der Waals surface area contributed by atoms with E-state index in [0.29, 0.717) is 31.7 Å². The number of hydrogen-bond acceptors (Lipinski definition) is 3. The summed E-state index contributed by atoms with van der Waals surface area (Å²) in [4.78, 5) is 15.3. The Balaban J connectivity index is 2.04. The second-order valence-corrected chi connectivity index (χ2v) is 11.5. The van der Waals surface area contributed by atoms with Crippen LogP contribution in [0.3, 0.4) is 0 Å². The molecule has 3 fully saturated rings. The van der Waals surface area contributed by atoms with Crippen molar-refractivity contribution < 1.29 is 27.8 Å². The summed E-state index contributed by atoms with van der Waals surface area (Å²) in [5.41, 5.74) is -1.31. The maximum Gasteiger partial charge on any atom is 0.416 e. The molecule has 0 heterocycles. The fraction of sp³-hybridized carbons (Fsp3) is 0.731. The number of nitrogens with zero attached hydrogens (tertiary/aromatic N) is 1. The molecule has 1 aromatic rings. The molecule has 3 saturated carbocycles. The van der Waals surface area contributed by atoms with Gasteiger partial charge < -0.3 is 14.7 Å². The molecule has 186 valence electrons. The number of fused-ring (bicyclic) bond motifs is 3. The van der Waals surface area contributed by atoms with Gasteiger partial charge in [-0.3, -0.25) is 0 Å². The van der Waals surface area contributed by atoms with Gasteiger partial charge in [0.2, 0.25) is 0 Å². The van der Waals surface area contributed by atoms with E-state index < -0.39 is 22.9 Å². The molecule has 4 rings (SSSR count). The van der Waals surface area contributed by atoms with Crippen LogP contribution < -0.4 is 0 Å². The monoisotopic (exact) mass is 469 g/mol. The average molecular weight is 470 g/mol.